The predicted molar refractivity (Wildman–Crippen MR) is 92.2 cm³/mol. The van der Waals surface area contributed by atoms with E-state index in [1.807, 2.05) is 42.7 Å². The minimum atomic E-state index is -0.215. The number of fused-ring (bicyclic) bond motifs is 3. The van der Waals surface area contributed by atoms with Crippen molar-refractivity contribution in [2.24, 2.45) is 0 Å². The molecule has 23 heavy (non-hydrogen) atoms. The molecule has 6 heteroatoms. The van der Waals surface area contributed by atoms with Crippen LogP contribution in [0, 0.1) is 0 Å². The summed E-state index contributed by atoms with van der Waals surface area (Å²) in [6.45, 7) is 0. The van der Waals surface area contributed by atoms with Crippen molar-refractivity contribution >= 4 is 28.1 Å². The molecule has 0 radical (unpaired) electrons. The fourth-order valence-electron chi connectivity index (χ4n) is 2.74. The van der Waals surface area contributed by atoms with E-state index in [9.17, 15) is 9.90 Å². The molecule has 0 amide bonds. The Balaban J connectivity index is 2.07. The zero-order chi connectivity index (χ0) is 16.0. The van der Waals surface area contributed by atoms with Crippen LogP contribution in [0.1, 0.15) is 0 Å². The lowest BCUT2D eigenvalue weighted by Crippen LogP contribution is -2.12. The van der Waals surface area contributed by atoms with Gasteiger partial charge in [0.15, 0.2) is 5.82 Å². The van der Waals surface area contributed by atoms with Crippen molar-refractivity contribution in [1.29, 1.82) is 0 Å². The zero-order valence-electron chi connectivity index (χ0n) is 12.3. The van der Waals surface area contributed by atoms with E-state index < -0.39 is 0 Å². The number of thioether (sulfide) groups is 1. The summed E-state index contributed by atoms with van der Waals surface area (Å²) in [5, 5.41) is 14.3. The Morgan fingerprint density at radius 3 is 2.48 bits per heavy atom. The predicted octanol–water partition coefficient (Wildman–Crippen LogP) is 3.27. The van der Waals surface area contributed by atoms with E-state index in [1.165, 1.54) is 0 Å². The summed E-state index contributed by atoms with van der Waals surface area (Å²) in [6, 6.07) is 15.0. The largest absolute Gasteiger partial charge is 0.492 e. The van der Waals surface area contributed by atoms with Crippen LogP contribution in [0.25, 0.3) is 27.7 Å². The smallest absolute Gasteiger partial charge is 0.270 e. The van der Waals surface area contributed by atoms with Gasteiger partial charge in [-0.25, -0.2) is 4.52 Å². The third-order valence-corrected chi connectivity index (χ3v) is 4.59. The third-order valence-electron chi connectivity index (χ3n) is 3.85. The number of aromatic hydroxyl groups is 1. The maximum Gasteiger partial charge on any atom is 0.270 e. The van der Waals surface area contributed by atoms with Gasteiger partial charge in [-0.3, -0.25) is 9.89 Å². The topological polar surface area (TPSA) is 70.4 Å². The van der Waals surface area contributed by atoms with Gasteiger partial charge in [0.25, 0.3) is 5.56 Å². The second-order valence-corrected chi connectivity index (χ2v) is 6.04. The molecule has 0 unspecified atom stereocenters. The molecule has 5 nitrogen and oxygen atoms in total. The van der Waals surface area contributed by atoms with Gasteiger partial charge in [-0.2, -0.15) is 4.98 Å². The summed E-state index contributed by atoms with van der Waals surface area (Å²) in [5.41, 5.74) is 1.11. The number of aromatic nitrogens is 3. The molecule has 2 heterocycles. The van der Waals surface area contributed by atoms with Gasteiger partial charge in [0, 0.05) is 15.8 Å². The highest BCUT2D eigenvalue weighted by Gasteiger charge is 2.16. The van der Waals surface area contributed by atoms with Crippen molar-refractivity contribution < 1.29 is 5.11 Å². The number of rotatable bonds is 2. The fourth-order valence-corrected chi connectivity index (χ4v) is 3.15. The molecule has 4 rings (SSSR count). The molecule has 2 aromatic heterocycles. The van der Waals surface area contributed by atoms with Gasteiger partial charge in [-0.05, 0) is 24.5 Å². The van der Waals surface area contributed by atoms with Crippen molar-refractivity contribution in [3.63, 3.8) is 0 Å². The first kappa shape index (κ1) is 13.9. The van der Waals surface area contributed by atoms with Crippen LogP contribution in [0.2, 0.25) is 0 Å². The average molecular weight is 323 g/mol. The van der Waals surface area contributed by atoms with E-state index in [0.717, 1.165) is 10.5 Å². The molecule has 0 bridgehead atoms. The van der Waals surface area contributed by atoms with E-state index >= 15 is 0 Å². The lowest BCUT2D eigenvalue weighted by molar-refractivity contribution is 0.463. The lowest BCUT2D eigenvalue weighted by atomic mass is 10.1. The summed E-state index contributed by atoms with van der Waals surface area (Å²) >= 11 is 1.65. The van der Waals surface area contributed by atoms with Crippen molar-refractivity contribution in [3.8, 4) is 17.3 Å². The summed E-state index contributed by atoms with van der Waals surface area (Å²) in [5.74, 6) is 0.411. The Labute approximate surface area is 135 Å². The quantitative estimate of drug-likeness (QED) is 0.555. The Kier molecular flexibility index (Phi) is 3.12. The monoisotopic (exact) mass is 323 g/mol. The normalized spacial score (nSPS) is 11.3. The van der Waals surface area contributed by atoms with Crippen LogP contribution in [0.4, 0.5) is 0 Å². The summed E-state index contributed by atoms with van der Waals surface area (Å²) in [4.78, 5) is 17.7. The number of nitrogens with one attached hydrogen (secondary N) is 1. The number of hydrogen-bond acceptors (Lipinski definition) is 4. The molecule has 0 atom stereocenters. The Morgan fingerprint density at radius 2 is 1.78 bits per heavy atom. The van der Waals surface area contributed by atoms with Crippen LogP contribution in [-0.2, 0) is 0 Å². The lowest BCUT2D eigenvalue weighted by Gasteiger charge is -2.04. The summed E-state index contributed by atoms with van der Waals surface area (Å²) < 4.78 is 1.55. The van der Waals surface area contributed by atoms with Gasteiger partial charge in [0.05, 0.1) is 5.39 Å². The minimum Gasteiger partial charge on any atom is -0.492 e. The second-order valence-electron chi connectivity index (χ2n) is 5.16. The van der Waals surface area contributed by atoms with E-state index in [0.29, 0.717) is 22.1 Å². The highest BCUT2D eigenvalue weighted by atomic mass is 32.2. The number of hydrogen-bond donors (Lipinski definition) is 2. The molecule has 0 aliphatic rings. The van der Waals surface area contributed by atoms with Crippen LogP contribution in [0.5, 0.6) is 5.88 Å². The van der Waals surface area contributed by atoms with Crippen molar-refractivity contribution in [3.05, 3.63) is 58.9 Å². The molecular formula is C17H13N3O2S. The Bertz CT molecular complexity index is 1080. The molecule has 0 spiro atoms. The third kappa shape index (κ3) is 2.10. The Morgan fingerprint density at radius 1 is 1.09 bits per heavy atom. The molecule has 0 fully saturated rings. The highest BCUT2D eigenvalue weighted by molar-refractivity contribution is 7.98. The molecule has 114 valence electrons. The average Bonchev–Trinajstić information content (AvgIpc) is 2.92. The number of H-pyrrole nitrogens is 1. The van der Waals surface area contributed by atoms with Crippen molar-refractivity contribution in [2.45, 2.75) is 4.90 Å². The second kappa shape index (κ2) is 5.17. The summed E-state index contributed by atoms with van der Waals surface area (Å²) in [6.07, 6.45) is 2.01. The molecule has 0 saturated carbocycles. The first-order valence-electron chi connectivity index (χ1n) is 7.06. The highest BCUT2D eigenvalue weighted by Crippen LogP contribution is 2.30. The van der Waals surface area contributed by atoms with Crippen LogP contribution >= 0.6 is 11.8 Å². The molecule has 4 aromatic rings. The van der Waals surface area contributed by atoms with Gasteiger partial charge in [-0.1, -0.05) is 30.3 Å². The molecule has 0 saturated heterocycles. The minimum absolute atomic E-state index is 0.0959. The molecular weight excluding hydrogens is 310 g/mol. The Hall–Kier alpha value is -2.73. The fraction of sp³-hybridized carbons (Fsp3) is 0.0588. The first-order chi connectivity index (χ1) is 11.2. The van der Waals surface area contributed by atoms with E-state index in [4.69, 9.17) is 0 Å². The van der Waals surface area contributed by atoms with Gasteiger partial charge in [0.2, 0.25) is 5.88 Å². The standard InChI is InChI=1S/C17H13N3O2S/c1-23-11-8-6-10(7-9-11)15-18-17(22)14-12-4-2-3-5-13(12)16(21)19-20(14)15/h2-9,22H,1H3,(H,19,21). The SMILES string of the molecule is CSc1ccc(-c2nc(O)c3c4ccccc4c(=O)[nH]n23)cc1. The van der Waals surface area contributed by atoms with Crippen LogP contribution < -0.4 is 5.56 Å². The summed E-state index contributed by atoms with van der Waals surface area (Å²) in [7, 11) is 0. The zero-order valence-corrected chi connectivity index (χ0v) is 13.1. The number of aromatic amines is 1. The maximum atomic E-state index is 12.3. The maximum absolute atomic E-state index is 12.3. The number of benzene rings is 2. The van der Waals surface area contributed by atoms with E-state index in [1.54, 1.807) is 28.4 Å². The van der Waals surface area contributed by atoms with Gasteiger partial charge >= 0.3 is 0 Å². The van der Waals surface area contributed by atoms with Gasteiger partial charge in [0.1, 0.15) is 5.52 Å². The van der Waals surface area contributed by atoms with Crippen molar-refractivity contribution in [2.75, 3.05) is 6.26 Å². The van der Waals surface area contributed by atoms with Crippen LogP contribution in [-0.4, -0.2) is 26.0 Å². The number of imidazole rings is 1. The molecule has 2 aromatic carbocycles. The molecule has 2 N–H and O–H groups in total. The first-order valence-corrected chi connectivity index (χ1v) is 8.28. The van der Waals surface area contributed by atoms with Gasteiger partial charge in [-0.15, -0.1) is 11.8 Å². The van der Waals surface area contributed by atoms with E-state index in [-0.39, 0.29) is 11.4 Å². The van der Waals surface area contributed by atoms with Crippen LogP contribution in [0.15, 0.2) is 58.2 Å². The molecule has 0 aliphatic heterocycles. The van der Waals surface area contributed by atoms with Crippen molar-refractivity contribution in [1.82, 2.24) is 14.6 Å². The number of nitrogens with zero attached hydrogens (tertiary/aromatic N) is 2. The van der Waals surface area contributed by atoms with E-state index in [2.05, 4.69) is 10.1 Å². The van der Waals surface area contributed by atoms with Gasteiger partial charge < -0.3 is 5.11 Å². The molecule has 0 aliphatic carbocycles. The van der Waals surface area contributed by atoms with Crippen LogP contribution in [0.3, 0.4) is 0 Å².